The summed E-state index contributed by atoms with van der Waals surface area (Å²) >= 11 is 0. The van der Waals surface area contributed by atoms with Gasteiger partial charge in [-0.1, -0.05) is 73.9 Å². The number of H-pyrrole nitrogens is 1. The van der Waals surface area contributed by atoms with Crippen LogP contribution in [0.3, 0.4) is 0 Å². The molecule has 0 bridgehead atoms. The van der Waals surface area contributed by atoms with Gasteiger partial charge >= 0.3 is 5.97 Å². The average molecular weight is 652 g/mol. The zero-order chi connectivity index (χ0) is 34.0. The van der Waals surface area contributed by atoms with Crippen LogP contribution >= 0.6 is 0 Å². The summed E-state index contributed by atoms with van der Waals surface area (Å²) in [6, 6.07) is 13.7. The van der Waals surface area contributed by atoms with E-state index in [1.807, 2.05) is 31.3 Å². The molecule has 0 unspecified atom stereocenters. The van der Waals surface area contributed by atoms with Crippen molar-refractivity contribution in [3.63, 3.8) is 0 Å². The second-order valence-electron chi connectivity index (χ2n) is 13.2. The van der Waals surface area contributed by atoms with Crippen molar-refractivity contribution >= 4 is 47.2 Å². The minimum absolute atomic E-state index is 0.00172. The lowest BCUT2D eigenvalue weighted by Gasteiger charge is -2.39. The topological polar surface area (TPSA) is 178 Å². The number of nitrogens with two attached hydrogens (primary N) is 2. The Balaban J connectivity index is 1.48. The molecule has 2 heterocycles. The van der Waals surface area contributed by atoms with Gasteiger partial charge < -0.3 is 41.8 Å². The number of aromatic amines is 1. The molecule has 0 fully saturated rings. The van der Waals surface area contributed by atoms with Gasteiger partial charge in [-0.25, -0.2) is 4.79 Å². The van der Waals surface area contributed by atoms with Gasteiger partial charge in [0.2, 0.25) is 0 Å². The van der Waals surface area contributed by atoms with Crippen LogP contribution in [0.4, 0.5) is 5.82 Å². The standard InChI is InChI=1S/C38H47N6O4/c1-24(23-46)7-12-30(39)4-2-5-31-28(11-10-27-19-26-9-8-25(14-17-45)18-29(26)20-32(27)31)21-35(43-36-6-3-15-41-36)33(22-37(47)48)34-13-16-42-38(40)44-34/h3,6,8-11,15,17-20,22-24,28,30-31,34-35,41H,2,4-5,7,12-14,16,21,39H2,1H3,(H,47,48)(H3,40,42,44)/q-1/b33-22+/t24-,28-,30+,31-,34+,35+/m0/s1. The van der Waals surface area contributed by atoms with Crippen LogP contribution in [0, 0.1) is 11.8 Å². The number of allylic oxidation sites excluding steroid dienone is 1. The molecule has 6 atom stereocenters. The fourth-order valence-electron chi connectivity index (χ4n) is 7.09. The molecule has 0 radical (unpaired) electrons. The Morgan fingerprint density at radius 2 is 2.00 bits per heavy atom. The number of aldehydes is 2. The van der Waals surface area contributed by atoms with Crippen LogP contribution < -0.4 is 16.8 Å². The SMILES string of the molecule is C[C@H](C=O)CC[C@H](N)CCC[C@@H]1c2cc3cc(CC=O)ccc3cc2C=C[C@H]1C[C@@H]([N-]c1ccc[nH]1)/C(=C/C(=O)O)[C@H]1CCN=C(N)N1. The van der Waals surface area contributed by atoms with E-state index in [1.165, 1.54) is 11.6 Å². The van der Waals surface area contributed by atoms with Crippen LogP contribution in [-0.4, -0.2) is 59.3 Å². The van der Waals surface area contributed by atoms with Crippen molar-refractivity contribution in [1.82, 2.24) is 10.3 Å². The van der Waals surface area contributed by atoms with E-state index in [2.05, 4.69) is 51.7 Å². The van der Waals surface area contributed by atoms with Gasteiger partial charge in [0, 0.05) is 31.0 Å². The van der Waals surface area contributed by atoms with E-state index in [0.717, 1.165) is 66.6 Å². The number of nitrogens with zero attached hydrogens (tertiary/aromatic N) is 2. The van der Waals surface area contributed by atoms with E-state index in [9.17, 15) is 19.5 Å². The number of hydrogen-bond donors (Lipinski definition) is 5. The van der Waals surface area contributed by atoms with Gasteiger partial charge in [0.15, 0.2) is 5.96 Å². The lowest BCUT2D eigenvalue weighted by molar-refractivity contribution is -0.131. The molecule has 0 spiro atoms. The lowest BCUT2D eigenvalue weighted by Crippen LogP contribution is -2.47. The fraction of sp³-hybridized carbons (Fsp3) is 0.421. The summed E-state index contributed by atoms with van der Waals surface area (Å²) in [5.74, 6) is 0.122. The number of rotatable bonds is 17. The summed E-state index contributed by atoms with van der Waals surface area (Å²) in [6.45, 7) is 2.42. The van der Waals surface area contributed by atoms with Crippen LogP contribution in [0.5, 0.6) is 0 Å². The van der Waals surface area contributed by atoms with E-state index in [4.69, 9.17) is 16.8 Å². The molecule has 1 aromatic heterocycles. The number of hydrogen-bond acceptors (Lipinski definition) is 7. The molecule has 0 saturated carbocycles. The molecule has 3 aromatic rings. The van der Waals surface area contributed by atoms with Crippen LogP contribution in [0.15, 0.2) is 71.4 Å². The zero-order valence-electron chi connectivity index (χ0n) is 27.6. The number of carboxylic acids is 1. The average Bonchev–Trinajstić information content (AvgIpc) is 3.59. The molecular formula is C38H47N6O4-. The molecule has 48 heavy (non-hydrogen) atoms. The first kappa shape index (κ1) is 34.6. The van der Waals surface area contributed by atoms with Gasteiger partial charge in [-0.3, -0.25) is 4.99 Å². The van der Waals surface area contributed by atoms with Crippen molar-refractivity contribution in [2.75, 3.05) is 6.54 Å². The Bertz CT molecular complexity index is 1660. The third-order valence-electron chi connectivity index (χ3n) is 9.65. The van der Waals surface area contributed by atoms with Gasteiger partial charge in [0.05, 0.1) is 6.04 Å². The molecule has 1 aliphatic carbocycles. The highest BCUT2D eigenvalue weighted by Crippen LogP contribution is 2.44. The Labute approximate surface area is 282 Å². The number of benzene rings is 2. The molecule has 0 saturated heterocycles. The number of carbonyl (C=O) groups is 3. The number of fused-ring (bicyclic) bond motifs is 2. The molecule has 254 valence electrons. The molecule has 10 heteroatoms. The predicted molar refractivity (Wildman–Crippen MR) is 191 cm³/mol. The maximum Gasteiger partial charge on any atom is 0.328 e. The molecule has 0 amide bonds. The second kappa shape index (κ2) is 16.4. The molecule has 2 aromatic carbocycles. The van der Waals surface area contributed by atoms with Gasteiger partial charge in [-0.05, 0) is 95.5 Å². The fourth-order valence-corrected chi connectivity index (χ4v) is 7.09. The maximum atomic E-state index is 12.2. The molecular weight excluding hydrogens is 604 g/mol. The molecule has 2 aliphatic rings. The van der Waals surface area contributed by atoms with Gasteiger partial charge in [0.1, 0.15) is 12.6 Å². The van der Waals surface area contributed by atoms with Crippen molar-refractivity contribution in [2.24, 2.45) is 28.3 Å². The zero-order valence-corrected chi connectivity index (χ0v) is 27.6. The summed E-state index contributed by atoms with van der Waals surface area (Å²) in [4.78, 5) is 42.0. The van der Waals surface area contributed by atoms with Crippen molar-refractivity contribution in [3.8, 4) is 0 Å². The van der Waals surface area contributed by atoms with Crippen molar-refractivity contribution in [2.45, 2.75) is 82.3 Å². The number of aliphatic carboxylic acids is 1. The molecule has 7 N–H and O–H groups in total. The maximum absolute atomic E-state index is 12.2. The first-order chi connectivity index (χ1) is 23.2. The lowest BCUT2D eigenvalue weighted by atomic mass is 9.72. The minimum atomic E-state index is -1.03. The van der Waals surface area contributed by atoms with E-state index in [0.29, 0.717) is 43.2 Å². The number of carbonyl (C=O) groups excluding carboxylic acids is 2. The monoisotopic (exact) mass is 651 g/mol. The Morgan fingerprint density at radius 3 is 2.73 bits per heavy atom. The molecule has 10 nitrogen and oxygen atoms in total. The van der Waals surface area contributed by atoms with Crippen LogP contribution in [0.1, 0.15) is 74.5 Å². The van der Waals surface area contributed by atoms with E-state index >= 15 is 0 Å². The first-order valence-corrected chi connectivity index (χ1v) is 17.0. The highest BCUT2D eigenvalue weighted by atomic mass is 16.4. The van der Waals surface area contributed by atoms with Crippen molar-refractivity contribution < 1.29 is 19.5 Å². The molecule has 5 rings (SSSR count). The Kier molecular flexibility index (Phi) is 11.8. The summed E-state index contributed by atoms with van der Waals surface area (Å²) in [6.07, 6.45) is 15.2. The van der Waals surface area contributed by atoms with E-state index in [-0.39, 0.29) is 29.8 Å². The molecule has 1 aliphatic heterocycles. The third kappa shape index (κ3) is 9.01. The summed E-state index contributed by atoms with van der Waals surface area (Å²) < 4.78 is 0. The number of nitrogens with one attached hydrogen (secondary N) is 2. The predicted octanol–water partition coefficient (Wildman–Crippen LogP) is 5.90. The smallest absolute Gasteiger partial charge is 0.328 e. The normalized spacial score (nSPS) is 21.0. The van der Waals surface area contributed by atoms with Gasteiger partial charge in [-0.2, -0.15) is 0 Å². The summed E-state index contributed by atoms with van der Waals surface area (Å²) in [5.41, 5.74) is 16.6. The van der Waals surface area contributed by atoms with Crippen LogP contribution in [0.25, 0.3) is 22.2 Å². The minimum Gasteiger partial charge on any atom is -0.478 e. The van der Waals surface area contributed by atoms with E-state index < -0.39 is 12.0 Å². The van der Waals surface area contributed by atoms with E-state index in [1.54, 1.807) is 0 Å². The van der Waals surface area contributed by atoms with Gasteiger partial charge in [-0.15, -0.1) is 0 Å². The quantitative estimate of drug-likeness (QED) is 0.0891. The number of carboxylic acid groups (broad SMARTS) is 1. The highest BCUT2D eigenvalue weighted by Gasteiger charge is 2.32. The highest BCUT2D eigenvalue weighted by molar-refractivity contribution is 5.88. The number of aliphatic imine (C=N–C) groups is 1. The number of aromatic nitrogens is 1. The first-order valence-electron chi connectivity index (χ1n) is 17.0. The second-order valence-corrected chi connectivity index (χ2v) is 13.2. The summed E-state index contributed by atoms with van der Waals surface area (Å²) in [7, 11) is 0. The largest absolute Gasteiger partial charge is 0.478 e. The van der Waals surface area contributed by atoms with Crippen LogP contribution in [0.2, 0.25) is 0 Å². The third-order valence-corrected chi connectivity index (χ3v) is 9.65. The van der Waals surface area contributed by atoms with Crippen LogP contribution in [-0.2, 0) is 20.8 Å². The Hall–Kier alpha value is -4.70. The van der Waals surface area contributed by atoms with Gasteiger partial charge in [0.25, 0.3) is 0 Å². The summed E-state index contributed by atoms with van der Waals surface area (Å²) in [5, 5.41) is 20.5. The van der Waals surface area contributed by atoms with Crippen molar-refractivity contribution in [3.05, 3.63) is 88.4 Å². The van der Waals surface area contributed by atoms with Crippen molar-refractivity contribution in [1.29, 1.82) is 0 Å². The Morgan fingerprint density at radius 1 is 1.15 bits per heavy atom. The number of guanidine groups is 1.